The molecular formula is C28H30ClFN2O5. The van der Waals surface area contributed by atoms with E-state index in [-0.39, 0.29) is 30.3 Å². The van der Waals surface area contributed by atoms with Gasteiger partial charge in [-0.05, 0) is 69.7 Å². The van der Waals surface area contributed by atoms with Crippen molar-refractivity contribution in [2.75, 3.05) is 20.3 Å². The minimum absolute atomic E-state index is 0.0526. The lowest BCUT2D eigenvalue weighted by Crippen LogP contribution is -2.35. The van der Waals surface area contributed by atoms with E-state index in [2.05, 4.69) is 4.98 Å². The van der Waals surface area contributed by atoms with Crippen LogP contribution in [0.2, 0.25) is 5.02 Å². The molecule has 0 saturated heterocycles. The zero-order chi connectivity index (χ0) is 27.0. The smallest absolute Gasteiger partial charge is 0.163 e. The molecule has 1 aliphatic rings. The van der Waals surface area contributed by atoms with Crippen LogP contribution < -0.4 is 19.9 Å². The molecule has 3 aromatic rings. The molecule has 0 bridgehead atoms. The van der Waals surface area contributed by atoms with Crippen LogP contribution in [0.3, 0.4) is 0 Å². The maximum atomic E-state index is 13.8. The van der Waals surface area contributed by atoms with Crippen molar-refractivity contribution in [3.63, 3.8) is 0 Å². The number of aromatic nitrogens is 1. The number of hydrogen-bond acceptors (Lipinski definition) is 7. The molecule has 0 radical (unpaired) electrons. The van der Waals surface area contributed by atoms with Gasteiger partial charge >= 0.3 is 0 Å². The summed E-state index contributed by atoms with van der Waals surface area (Å²) in [4.78, 5) is 17.7. The third-order valence-corrected chi connectivity index (χ3v) is 6.76. The van der Waals surface area contributed by atoms with Crippen LogP contribution in [0.5, 0.6) is 17.2 Å². The first-order valence-corrected chi connectivity index (χ1v) is 12.3. The maximum Gasteiger partial charge on any atom is 0.163 e. The summed E-state index contributed by atoms with van der Waals surface area (Å²) in [6.07, 6.45) is 0.149. The number of Topliss-reactive ketones (excluding diaryl/α,β-unsaturated/α-hetero) is 1. The standard InChI is InChI=1S/C28H30ClFN2O5/c1-5-36-22-9-7-16(13-23(22)35-4)21(33)10-11-28(3,34)24-14-18-26(37-15-27(18,2)31)25(32-24)17-6-8-20(30)19(29)12-17/h6-9,12-14,34H,5,10-11,15,31H2,1-4H3/t27-,28-/m0/s1. The van der Waals surface area contributed by atoms with Gasteiger partial charge in [0.2, 0.25) is 0 Å². The van der Waals surface area contributed by atoms with Crippen LogP contribution in [-0.4, -0.2) is 36.2 Å². The zero-order valence-electron chi connectivity index (χ0n) is 21.2. The number of carbonyl (C=O) groups excluding carboxylic acids is 1. The Morgan fingerprint density at radius 1 is 1.27 bits per heavy atom. The molecule has 0 aliphatic carbocycles. The lowest BCUT2D eigenvalue weighted by atomic mass is 9.88. The third kappa shape index (κ3) is 5.42. The molecule has 0 fully saturated rings. The van der Waals surface area contributed by atoms with Crippen molar-refractivity contribution in [1.82, 2.24) is 4.98 Å². The van der Waals surface area contributed by atoms with Gasteiger partial charge in [-0.25, -0.2) is 9.37 Å². The van der Waals surface area contributed by atoms with Crippen LogP contribution in [0.25, 0.3) is 11.3 Å². The van der Waals surface area contributed by atoms with Crippen molar-refractivity contribution in [3.8, 4) is 28.5 Å². The molecule has 2 atom stereocenters. The Hall–Kier alpha value is -3.20. The first kappa shape index (κ1) is 26.9. The van der Waals surface area contributed by atoms with Gasteiger partial charge in [-0.3, -0.25) is 4.79 Å². The summed E-state index contributed by atoms with van der Waals surface area (Å²) in [6, 6.07) is 10.9. The molecule has 9 heteroatoms. The van der Waals surface area contributed by atoms with Gasteiger partial charge in [0.05, 0.1) is 30.0 Å². The fourth-order valence-electron chi connectivity index (χ4n) is 4.26. The van der Waals surface area contributed by atoms with Crippen molar-refractivity contribution in [1.29, 1.82) is 0 Å². The number of rotatable bonds is 9. The first-order valence-electron chi connectivity index (χ1n) is 12.0. The van der Waals surface area contributed by atoms with E-state index < -0.39 is 17.0 Å². The third-order valence-electron chi connectivity index (χ3n) is 6.47. The number of hydrogen-bond donors (Lipinski definition) is 2. The minimum atomic E-state index is -1.47. The van der Waals surface area contributed by atoms with Gasteiger partial charge in [0.25, 0.3) is 0 Å². The average molecular weight is 529 g/mol. The van der Waals surface area contributed by atoms with Gasteiger partial charge in [0, 0.05) is 23.1 Å². The van der Waals surface area contributed by atoms with E-state index >= 15 is 0 Å². The molecule has 1 aliphatic heterocycles. The van der Waals surface area contributed by atoms with Crippen molar-refractivity contribution in [2.45, 2.75) is 44.8 Å². The number of ketones is 1. The van der Waals surface area contributed by atoms with E-state index in [1.807, 2.05) is 13.8 Å². The van der Waals surface area contributed by atoms with Crippen LogP contribution >= 0.6 is 11.6 Å². The highest BCUT2D eigenvalue weighted by molar-refractivity contribution is 6.31. The van der Waals surface area contributed by atoms with Crippen molar-refractivity contribution < 1.29 is 28.5 Å². The molecule has 3 N–H and O–H groups in total. The Balaban J connectivity index is 1.64. The highest BCUT2D eigenvalue weighted by atomic mass is 35.5. The van der Waals surface area contributed by atoms with Gasteiger partial charge in [-0.15, -0.1) is 0 Å². The molecule has 1 aromatic heterocycles. The molecular weight excluding hydrogens is 499 g/mol. The SMILES string of the molecule is CCOc1ccc(C(=O)CC[C@](C)(O)c2cc3c(c(-c4ccc(F)c(Cl)c4)n2)OC[C@]3(C)N)cc1OC. The Morgan fingerprint density at radius 2 is 2.03 bits per heavy atom. The maximum absolute atomic E-state index is 13.8. The molecule has 0 saturated carbocycles. The van der Waals surface area contributed by atoms with Crippen LogP contribution in [0.4, 0.5) is 4.39 Å². The number of nitrogens with two attached hydrogens (primary N) is 1. The number of pyridine rings is 1. The summed E-state index contributed by atoms with van der Waals surface area (Å²) in [5, 5.41) is 11.4. The quantitative estimate of drug-likeness (QED) is 0.359. The average Bonchev–Trinajstić information content (AvgIpc) is 3.18. The summed E-state index contributed by atoms with van der Waals surface area (Å²) in [7, 11) is 1.51. The Labute approximate surface area is 220 Å². The van der Waals surface area contributed by atoms with Crippen LogP contribution in [-0.2, 0) is 11.1 Å². The van der Waals surface area contributed by atoms with Gasteiger partial charge in [0.15, 0.2) is 23.0 Å². The van der Waals surface area contributed by atoms with E-state index in [4.69, 9.17) is 31.5 Å². The lowest BCUT2D eigenvalue weighted by Gasteiger charge is -2.25. The molecule has 2 heterocycles. The number of carbonyl (C=O) groups is 1. The Bertz CT molecular complexity index is 1340. The van der Waals surface area contributed by atoms with E-state index in [1.165, 1.54) is 19.2 Å². The predicted octanol–water partition coefficient (Wildman–Crippen LogP) is 5.39. The fraction of sp³-hybridized carbons (Fsp3) is 0.357. The summed E-state index contributed by atoms with van der Waals surface area (Å²) in [5.41, 5.74) is 6.52. The second-order valence-corrected chi connectivity index (χ2v) is 9.97. The fourth-order valence-corrected chi connectivity index (χ4v) is 4.44. The molecule has 4 rings (SSSR count). The summed E-state index contributed by atoms with van der Waals surface area (Å²) in [5.74, 6) is 0.755. The number of fused-ring (bicyclic) bond motifs is 1. The molecule has 2 aromatic carbocycles. The summed E-state index contributed by atoms with van der Waals surface area (Å²) >= 11 is 6.02. The second kappa shape index (κ2) is 10.3. The van der Waals surface area contributed by atoms with E-state index in [1.54, 1.807) is 37.3 Å². The molecule has 0 unspecified atom stereocenters. The zero-order valence-corrected chi connectivity index (χ0v) is 22.0. The normalized spacial score (nSPS) is 18.1. The van der Waals surface area contributed by atoms with Gasteiger partial charge in [-0.2, -0.15) is 0 Å². The number of halogens is 2. The minimum Gasteiger partial charge on any atom is -0.493 e. The number of methoxy groups -OCH3 is 1. The topological polar surface area (TPSA) is 104 Å². The molecule has 0 amide bonds. The molecule has 196 valence electrons. The van der Waals surface area contributed by atoms with Gasteiger partial charge in [0.1, 0.15) is 23.7 Å². The number of aliphatic hydroxyl groups is 1. The highest BCUT2D eigenvalue weighted by Gasteiger charge is 2.38. The molecule has 37 heavy (non-hydrogen) atoms. The number of nitrogens with zero attached hydrogens (tertiary/aromatic N) is 1. The second-order valence-electron chi connectivity index (χ2n) is 9.56. The van der Waals surface area contributed by atoms with Crippen molar-refractivity contribution in [2.24, 2.45) is 5.73 Å². The van der Waals surface area contributed by atoms with E-state index in [0.29, 0.717) is 51.9 Å². The number of benzene rings is 2. The summed E-state index contributed by atoms with van der Waals surface area (Å²) < 4.78 is 30.5. The molecule has 0 spiro atoms. The first-order chi connectivity index (χ1) is 17.5. The monoisotopic (exact) mass is 528 g/mol. The highest BCUT2D eigenvalue weighted by Crippen LogP contribution is 2.44. The lowest BCUT2D eigenvalue weighted by molar-refractivity contribution is 0.0396. The summed E-state index contributed by atoms with van der Waals surface area (Å²) in [6.45, 7) is 5.97. The van der Waals surface area contributed by atoms with Gasteiger partial charge < -0.3 is 25.1 Å². The van der Waals surface area contributed by atoms with Crippen molar-refractivity contribution >= 4 is 17.4 Å². The van der Waals surface area contributed by atoms with E-state index in [0.717, 1.165) is 0 Å². The van der Waals surface area contributed by atoms with Crippen LogP contribution in [0.1, 0.15) is 55.2 Å². The largest absolute Gasteiger partial charge is 0.493 e. The van der Waals surface area contributed by atoms with Crippen LogP contribution in [0.15, 0.2) is 42.5 Å². The van der Waals surface area contributed by atoms with Gasteiger partial charge in [-0.1, -0.05) is 11.6 Å². The molecule has 7 nitrogen and oxygen atoms in total. The Morgan fingerprint density at radius 3 is 2.70 bits per heavy atom. The Kier molecular flexibility index (Phi) is 7.46. The predicted molar refractivity (Wildman–Crippen MR) is 139 cm³/mol. The van der Waals surface area contributed by atoms with Crippen molar-refractivity contribution in [3.05, 3.63) is 70.1 Å². The van der Waals surface area contributed by atoms with Crippen LogP contribution in [0, 0.1) is 5.82 Å². The van der Waals surface area contributed by atoms with E-state index in [9.17, 15) is 14.3 Å². The number of ether oxygens (including phenoxy) is 3.